The fourth-order valence-electron chi connectivity index (χ4n) is 2.47. The van der Waals surface area contributed by atoms with E-state index < -0.39 is 0 Å². The number of fused-ring (bicyclic) bond motifs is 1. The molecule has 0 fully saturated rings. The van der Waals surface area contributed by atoms with E-state index in [1.165, 1.54) is 0 Å². The van der Waals surface area contributed by atoms with Crippen LogP contribution < -0.4 is 0 Å². The molecule has 114 valence electrons. The Bertz CT molecular complexity index is 855. The van der Waals surface area contributed by atoms with Crippen LogP contribution in [-0.4, -0.2) is 17.9 Å². The third-order valence-electron chi connectivity index (χ3n) is 4.02. The Balaban J connectivity index is 1.84. The zero-order chi connectivity index (χ0) is 16.4. The number of nitriles is 1. The van der Waals surface area contributed by atoms with Gasteiger partial charge in [0, 0.05) is 18.0 Å². The van der Waals surface area contributed by atoms with Crippen LogP contribution >= 0.6 is 0 Å². The highest BCUT2D eigenvalue weighted by molar-refractivity contribution is 5.94. The number of nitrogens with zero attached hydrogens (tertiary/aromatic N) is 2. The van der Waals surface area contributed by atoms with Crippen LogP contribution in [0.2, 0.25) is 0 Å². The molecule has 2 aromatic carbocycles. The van der Waals surface area contributed by atoms with E-state index >= 15 is 0 Å². The molecule has 0 aliphatic carbocycles. The number of carbonyl (C=O) groups is 1. The molecule has 1 amide bonds. The third-order valence-corrected chi connectivity index (χ3v) is 4.02. The molecule has 4 nitrogen and oxygen atoms in total. The summed E-state index contributed by atoms with van der Waals surface area (Å²) in [5.74, 6) is 0.637. The van der Waals surface area contributed by atoms with Gasteiger partial charge in [0.05, 0.1) is 17.7 Å². The molecular weight excluding hydrogens is 288 g/mol. The Labute approximate surface area is 134 Å². The van der Waals surface area contributed by atoms with Crippen molar-refractivity contribution in [1.29, 1.82) is 5.26 Å². The topological polar surface area (TPSA) is 57.2 Å². The van der Waals surface area contributed by atoms with Gasteiger partial charge >= 0.3 is 0 Å². The molecule has 3 aromatic rings. The van der Waals surface area contributed by atoms with Crippen molar-refractivity contribution in [3.63, 3.8) is 0 Å². The van der Waals surface area contributed by atoms with E-state index in [2.05, 4.69) is 0 Å². The zero-order valence-corrected chi connectivity index (χ0v) is 13.0. The van der Waals surface area contributed by atoms with Crippen LogP contribution in [0.3, 0.4) is 0 Å². The number of carbonyl (C=O) groups excluding carboxylic acids is 1. The second-order valence-electron chi connectivity index (χ2n) is 5.47. The number of benzene rings is 2. The molecule has 1 unspecified atom stereocenters. The van der Waals surface area contributed by atoms with Gasteiger partial charge in [-0.2, -0.15) is 5.26 Å². The Morgan fingerprint density at radius 2 is 1.87 bits per heavy atom. The van der Waals surface area contributed by atoms with Crippen molar-refractivity contribution in [1.82, 2.24) is 4.90 Å². The van der Waals surface area contributed by atoms with Crippen LogP contribution in [0.25, 0.3) is 11.0 Å². The largest absolute Gasteiger partial charge is 0.459 e. The first-order chi connectivity index (χ1) is 11.1. The van der Waals surface area contributed by atoms with Gasteiger partial charge in [-0.3, -0.25) is 4.79 Å². The van der Waals surface area contributed by atoms with E-state index in [1.54, 1.807) is 36.2 Å². The van der Waals surface area contributed by atoms with Gasteiger partial charge in [-0.05, 0) is 43.3 Å². The summed E-state index contributed by atoms with van der Waals surface area (Å²) in [4.78, 5) is 14.2. The summed E-state index contributed by atoms with van der Waals surface area (Å²) < 4.78 is 5.84. The molecule has 0 aliphatic rings. The molecule has 1 atom stereocenters. The van der Waals surface area contributed by atoms with Crippen molar-refractivity contribution in [2.45, 2.75) is 13.0 Å². The van der Waals surface area contributed by atoms with Gasteiger partial charge in [-0.15, -0.1) is 0 Å². The number of rotatable bonds is 3. The minimum Gasteiger partial charge on any atom is -0.459 e. The fraction of sp³-hybridized carbons (Fsp3) is 0.158. The molecule has 0 aliphatic heterocycles. The fourth-order valence-corrected chi connectivity index (χ4v) is 2.47. The second-order valence-corrected chi connectivity index (χ2v) is 5.47. The maximum absolute atomic E-state index is 12.6. The van der Waals surface area contributed by atoms with Crippen LogP contribution in [0, 0.1) is 11.3 Å². The molecule has 0 bridgehead atoms. The molecule has 0 saturated carbocycles. The number of para-hydroxylation sites is 1. The Hall–Kier alpha value is -3.06. The average molecular weight is 304 g/mol. The number of hydrogen-bond acceptors (Lipinski definition) is 3. The van der Waals surface area contributed by atoms with Gasteiger partial charge in [0.2, 0.25) is 0 Å². The lowest BCUT2D eigenvalue weighted by atomic mass is 10.1. The van der Waals surface area contributed by atoms with Crippen LogP contribution in [0.5, 0.6) is 0 Å². The molecule has 3 rings (SSSR count). The highest BCUT2D eigenvalue weighted by Crippen LogP contribution is 2.27. The molecular formula is C19H16N2O2. The Morgan fingerprint density at radius 1 is 1.17 bits per heavy atom. The Morgan fingerprint density at radius 3 is 2.52 bits per heavy atom. The monoisotopic (exact) mass is 304 g/mol. The van der Waals surface area contributed by atoms with E-state index in [0.717, 1.165) is 16.7 Å². The smallest absolute Gasteiger partial charge is 0.254 e. The Kier molecular flexibility index (Phi) is 3.86. The van der Waals surface area contributed by atoms with Crippen molar-refractivity contribution < 1.29 is 9.21 Å². The highest BCUT2D eigenvalue weighted by Gasteiger charge is 2.21. The first-order valence-electron chi connectivity index (χ1n) is 7.36. The van der Waals surface area contributed by atoms with Gasteiger partial charge in [0.15, 0.2) is 0 Å². The van der Waals surface area contributed by atoms with Crippen molar-refractivity contribution >= 4 is 16.9 Å². The van der Waals surface area contributed by atoms with Gasteiger partial charge in [0.25, 0.3) is 5.91 Å². The zero-order valence-electron chi connectivity index (χ0n) is 13.0. The summed E-state index contributed by atoms with van der Waals surface area (Å²) >= 11 is 0. The van der Waals surface area contributed by atoms with E-state index in [-0.39, 0.29) is 11.9 Å². The number of amides is 1. The average Bonchev–Trinajstić information content (AvgIpc) is 3.04. The van der Waals surface area contributed by atoms with Crippen molar-refractivity contribution in [3.8, 4) is 6.07 Å². The first-order valence-corrected chi connectivity index (χ1v) is 7.36. The van der Waals surface area contributed by atoms with Crippen LogP contribution in [0.4, 0.5) is 0 Å². The first kappa shape index (κ1) is 14.9. The summed E-state index contributed by atoms with van der Waals surface area (Å²) in [6, 6.07) is 18.2. The summed E-state index contributed by atoms with van der Waals surface area (Å²) in [6.45, 7) is 1.93. The van der Waals surface area contributed by atoms with Crippen molar-refractivity contribution in [2.24, 2.45) is 0 Å². The molecule has 0 N–H and O–H groups in total. The lowest BCUT2D eigenvalue weighted by Gasteiger charge is -2.23. The minimum atomic E-state index is -0.189. The summed E-state index contributed by atoms with van der Waals surface area (Å²) in [5, 5.41) is 9.85. The predicted molar refractivity (Wildman–Crippen MR) is 87.9 cm³/mol. The van der Waals surface area contributed by atoms with E-state index in [9.17, 15) is 4.79 Å². The van der Waals surface area contributed by atoms with E-state index in [4.69, 9.17) is 9.68 Å². The van der Waals surface area contributed by atoms with Gasteiger partial charge in [-0.25, -0.2) is 0 Å². The molecule has 4 heteroatoms. The predicted octanol–water partition coefficient (Wildman–Crippen LogP) is 4.14. The molecule has 1 heterocycles. The van der Waals surface area contributed by atoms with Crippen LogP contribution in [0.15, 0.2) is 59.0 Å². The second kappa shape index (κ2) is 5.98. The van der Waals surface area contributed by atoms with Gasteiger partial charge in [0.1, 0.15) is 11.3 Å². The van der Waals surface area contributed by atoms with E-state index in [1.807, 2.05) is 43.3 Å². The molecule has 0 radical (unpaired) electrons. The summed E-state index contributed by atoms with van der Waals surface area (Å²) in [6.07, 6.45) is 0. The van der Waals surface area contributed by atoms with Crippen molar-refractivity contribution in [2.75, 3.05) is 7.05 Å². The standard InChI is InChI=1S/C19H16N2O2/c1-13(18-11-16-5-3-4-6-17(16)23-18)21(2)19(22)15-9-7-14(12-20)8-10-15/h3-11,13H,1-2H3. The quantitative estimate of drug-likeness (QED) is 0.730. The van der Waals surface area contributed by atoms with E-state index in [0.29, 0.717) is 11.1 Å². The van der Waals surface area contributed by atoms with Crippen molar-refractivity contribution in [3.05, 3.63) is 71.5 Å². The summed E-state index contributed by atoms with van der Waals surface area (Å²) in [5.41, 5.74) is 1.90. The van der Waals surface area contributed by atoms with Gasteiger partial charge in [-0.1, -0.05) is 18.2 Å². The normalized spacial score (nSPS) is 11.9. The summed E-state index contributed by atoms with van der Waals surface area (Å²) in [7, 11) is 1.75. The number of furan rings is 1. The number of hydrogen-bond donors (Lipinski definition) is 0. The van der Waals surface area contributed by atoms with Crippen LogP contribution in [-0.2, 0) is 0 Å². The van der Waals surface area contributed by atoms with Crippen LogP contribution in [0.1, 0.15) is 34.6 Å². The highest BCUT2D eigenvalue weighted by atomic mass is 16.3. The van der Waals surface area contributed by atoms with Gasteiger partial charge < -0.3 is 9.32 Å². The lowest BCUT2D eigenvalue weighted by molar-refractivity contribution is 0.0727. The maximum atomic E-state index is 12.6. The molecule has 1 aromatic heterocycles. The molecule has 23 heavy (non-hydrogen) atoms. The SMILES string of the molecule is CC(c1cc2ccccc2o1)N(C)C(=O)c1ccc(C#N)cc1. The maximum Gasteiger partial charge on any atom is 0.254 e. The third kappa shape index (κ3) is 2.82. The molecule has 0 spiro atoms. The minimum absolute atomic E-state index is 0.109. The lowest BCUT2D eigenvalue weighted by Crippen LogP contribution is -2.29. The molecule has 0 saturated heterocycles.